The van der Waals surface area contributed by atoms with E-state index in [1.807, 2.05) is 19.1 Å². The number of anilines is 1. The fraction of sp³-hybridized carbons (Fsp3) is 0.571. The quantitative estimate of drug-likeness (QED) is 0.875. The SMILES string of the molecule is CCN1CC[C@H]2CCN(c3nnc(-c4ccc5c(c4O)CCO5)c(C)n3)[C@H]2C1. The zero-order valence-electron chi connectivity index (χ0n) is 16.6. The second-order valence-electron chi connectivity index (χ2n) is 8.07. The van der Waals surface area contributed by atoms with Crippen LogP contribution in [0.3, 0.4) is 0 Å². The maximum Gasteiger partial charge on any atom is 0.245 e. The summed E-state index contributed by atoms with van der Waals surface area (Å²) in [6.45, 7) is 9.15. The monoisotopic (exact) mass is 381 g/mol. The summed E-state index contributed by atoms with van der Waals surface area (Å²) in [5.74, 6) is 2.45. The molecule has 0 amide bonds. The third kappa shape index (κ3) is 2.80. The first-order chi connectivity index (χ1) is 13.7. The second kappa shape index (κ2) is 6.88. The lowest BCUT2D eigenvalue weighted by Crippen LogP contribution is -2.48. The van der Waals surface area contributed by atoms with Gasteiger partial charge in [-0.2, -0.15) is 0 Å². The third-order valence-electron chi connectivity index (χ3n) is 6.61. The topological polar surface area (TPSA) is 74.6 Å². The van der Waals surface area contributed by atoms with Crippen LogP contribution in [0.1, 0.15) is 31.0 Å². The Hall–Kier alpha value is -2.41. The van der Waals surface area contributed by atoms with E-state index in [2.05, 4.69) is 26.9 Å². The van der Waals surface area contributed by atoms with Crippen molar-refractivity contribution in [2.45, 2.75) is 39.2 Å². The minimum Gasteiger partial charge on any atom is -0.507 e. The van der Waals surface area contributed by atoms with Crippen molar-refractivity contribution in [3.05, 3.63) is 23.4 Å². The van der Waals surface area contributed by atoms with E-state index in [1.165, 1.54) is 19.4 Å². The Kier molecular flexibility index (Phi) is 4.34. The number of aromatic hydroxyl groups is 1. The standard InChI is InChI=1S/C21H27N5O2/c1-3-25-9-6-14-7-10-26(17(14)12-25)21-22-13(2)19(23-24-21)16-4-5-18-15(20(16)27)8-11-28-18/h4-5,14,17,27H,3,6-12H2,1-2H3/t14-,17-/m0/s1. The molecule has 2 atom stereocenters. The number of benzene rings is 1. The number of fused-ring (bicyclic) bond motifs is 2. The molecule has 0 unspecified atom stereocenters. The lowest BCUT2D eigenvalue weighted by molar-refractivity contribution is 0.181. The normalized spacial score (nSPS) is 24.1. The van der Waals surface area contributed by atoms with Gasteiger partial charge in [-0.15, -0.1) is 10.2 Å². The Morgan fingerprint density at radius 3 is 2.89 bits per heavy atom. The molecule has 1 N–H and O–H groups in total. The molecule has 3 aliphatic rings. The highest BCUT2D eigenvalue weighted by Gasteiger charge is 2.39. The molecular weight excluding hydrogens is 354 g/mol. The first kappa shape index (κ1) is 17.7. The van der Waals surface area contributed by atoms with E-state index in [1.54, 1.807) is 0 Å². The molecule has 2 aromatic rings. The van der Waals surface area contributed by atoms with Crippen LogP contribution in [0.2, 0.25) is 0 Å². The summed E-state index contributed by atoms with van der Waals surface area (Å²) in [6.07, 6.45) is 3.18. The molecule has 0 bridgehead atoms. The van der Waals surface area contributed by atoms with Gasteiger partial charge in [0.15, 0.2) is 0 Å². The van der Waals surface area contributed by atoms with Gasteiger partial charge in [0.1, 0.15) is 17.2 Å². The number of ether oxygens (including phenoxy) is 1. The molecule has 1 aromatic carbocycles. The Morgan fingerprint density at radius 1 is 1.21 bits per heavy atom. The van der Waals surface area contributed by atoms with Crippen molar-refractivity contribution < 1.29 is 9.84 Å². The summed E-state index contributed by atoms with van der Waals surface area (Å²) in [7, 11) is 0. The number of aromatic nitrogens is 3. The Balaban J connectivity index is 1.45. The number of nitrogens with zero attached hydrogens (tertiary/aromatic N) is 5. The number of phenols is 1. The predicted molar refractivity (Wildman–Crippen MR) is 107 cm³/mol. The number of likely N-dealkylation sites (N-methyl/N-ethyl adjacent to an activating group) is 1. The first-order valence-corrected chi connectivity index (χ1v) is 10.3. The molecule has 2 saturated heterocycles. The fourth-order valence-corrected chi connectivity index (χ4v) is 4.95. The summed E-state index contributed by atoms with van der Waals surface area (Å²) < 4.78 is 5.53. The number of likely N-dealkylation sites (tertiary alicyclic amines) is 1. The molecule has 1 aromatic heterocycles. The minimum absolute atomic E-state index is 0.244. The number of piperidine rings is 1. The molecule has 2 fully saturated rings. The highest BCUT2D eigenvalue weighted by molar-refractivity contribution is 5.72. The van der Waals surface area contributed by atoms with Gasteiger partial charge in [-0.25, -0.2) is 4.98 Å². The van der Waals surface area contributed by atoms with Gasteiger partial charge in [0.25, 0.3) is 0 Å². The van der Waals surface area contributed by atoms with Gasteiger partial charge in [0.2, 0.25) is 5.95 Å². The van der Waals surface area contributed by atoms with Crippen molar-refractivity contribution in [3.8, 4) is 22.8 Å². The maximum absolute atomic E-state index is 10.7. The average Bonchev–Trinajstić information content (AvgIpc) is 3.35. The van der Waals surface area contributed by atoms with E-state index >= 15 is 0 Å². The molecule has 7 heteroatoms. The highest BCUT2D eigenvalue weighted by atomic mass is 16.5. The molecular formula is C21H27N5O2. The second-order valence-corrected chi connectivity index (χ2v) is 8.07. The van der Waals surface area contributed by atoms with Crippen molar-refractivity contribution in [3.63, 3.8) is 0 Å². The van der Waals surface area contributed by atoms with E-state index in [9.17, 15) is 5.11 Å². The van der Waals surface area contributed by atoms with E-state index in [4.69, 9.17) is 9.72 Å². The maximum atomic E-state index is 10.7. The van der Waals surface area contributed by atoms with Crippen LogP contribution in [0.25, 0.3) is 11.3 Å². The molecule has 0 saturated carbocycles. The lowest BCUT2D eigenvalue weighted by atomic mass is 9.92. The van der Waals surface area contributed by atoms with Crippen LogP contribution in [-0.2, 0) is 6.42 Å². The van der Waals surface area contributed by atoms with Crippen molar-refractivity contribution in [2.75, 3.05) is 37.7 Å². The molecule has 0 radical (unpaired) electrons. The molecule has 4 heterocycles. The Morgan fingerprint density at radius 2 is 2.07 bits per heavy atom. The highest BCUT2D eigenvalue weighted by Crippen LogP contribution is 2.40. The van der Waals surface area contributed by atoms with Gasteiger partial charge < -0.3 is 19.6 Å². The smallest absolute Gasteiger partial charge is 0.245 e. The predicted octanol–water partition coefficient (Wildman–Crippen LogP) is 2.41. The molecule has 3 aliphatic heterocycles. The number of hydrogen-bond acceptors (Lipinski definition) is 7. The summed E-state index contributed by atoms with van der Waals surface area (Å²) in [6, 6.07) is 4.23. The van der Waals surface area contributed by atoms with Crippen molar-refractivity contribution in [2.24, 2.45) is 5.92 Å². The van der Waals surface area contributed by atoms with E-state index in [-0.39, 0.29) is 5.75 Å². The van der Waals surface area contributed by atoms with E-state index in [0.29, 0.717) is 23.9 Å². The molecule has 0 spiro atoms. The summed E-state index contributed by atoms with van der Waals surface area (Å²) in [4.78, 5) is 9.65. The average molecular weight is 381 g/mol. The molecule has 7 nitrogen and oxygen atoms in total. The third-order valence-corrected chi connectivity index (χ3v) is 6.61. The van der Waals surface area contributed by atoms with Crippen molar-refractivity contribution in [1.29, 1.82) is 0 Å². The Bertz CT molecular complexity index is 903. The van der Waals surface area contributed by atoms with Crippen LogP contribution in [0.15, 0.2) is 12.1 Å². The van der Waals surface area contributed by atoms with E-state index in [0.717, 1.165) is 54.9 Å². The van der Waals surface area contributed by atoms with Gasteiger partial charge in [-0.1, -0.05) is 6.92 Å². The fourth-order valence-electron chi connectivity index (χ4n) is 4.95. The number of aryl methyl sites for hydroxylation is 1. The lowest BCUT2D eigenvalue weighted by Gasteiger charge is -2.37. The van der Waals surface area contributed by atoms with Crippen LogP contribution < -0.4 is 9.64 Å². The summed E-state index contributed by atoms with van der Waals surface area (Å²) in [5.41, 5.74) is 2.98. The number of phenolic OH excluding ortho intramolecular Hbond substituents is 1. The van der Waals surface area contributed by atoms with Crippen LogP contribution in [-0.4, -0.2) is 64.0 Å². The van der Waals surface area contributed by atoms with Crippen LogP contribution in [0, 0.1) is 12.8 Å². The molecule has 28 heavy (non-hydrogen) atoms. The van der Waals surface area contributed by atoms with E-state index < -0.39 is 0 Å². The zero-order valence-corrected chi connectivity index (χ0v) is 16.6. The summed E-state index contributed by atoms with van der Waals surface area (Å²) >= 11 is 0. The van der Waals surface area contributed by atoms with Crippen molar-refractivity contribution >= 4 is 5.95 Å². The number of hydrogen-bond donors (Lipinski definition) is 1. The molecule has 148 valence electrons. The molecule has 5 rings (SSSR count). The van der Waals surface area contributed by atoms with Gasteiger partial charge in [0.05, 0.1) is 12.3 Å². The largest absolute Gasteiger partial charge is 0.507 e. The van der Waals surface area contributed by atoms with Crippen LogP contribution in [0.5, 0.6) is 11.5 Å². The van der Waals surface area contributed by atoms with Gasteiger partial charge in [0, 0.05) is 36.7 Å². The van der Waals surface area contributed by atoms with Crippen LogP contribution in [0.4, 0.5) is 5.95 Å². The molecule has 0 aliphatic carbocycles. The first-order valence-electron chi connectivity index (χ1n) is 10.3. The van der Waals surface area contributed by atoms with Gasteiger partial charge in [-0.05, 0) is 50.9 Å². The Labute approximate surface area is 165 Å². The number of rotatable bonds is 3. The summed E-state index contributed by atoms with van der Waals surface area (Å²) in [5, 5.41) is 19.7. The minimum atomic E-state index is 0.244. The van der Waals surface area contributed by atoms with Gasteiger partial charge in [-0.3, -0.25) is 0 Å². The zero-order chi connectivity index (χ0) is 19.3. The van der Waals surface area contributed by atoms with Gasteiger partial charge >= 0.3 is 0 Å². The van der Waals surface area contributed by atoms with Crippen LogP contribution >= 0.6 is 0 Å². The van der Waals surface area contributed by atoms with Crippen molar-refractivity contribution in [1.82, 2.24) is 20.1 Å².